The predicted octanol–water partition coefficient (Wildman–Crippen LogP) is 3.50. The third kappa shape index (κ3) is 5.01. The van der Waals surface area contributed by atoms with Gasteiger partial charge >= 0.3 is 0 Å². The summed E-state index contributed by atoms with van der Waals surface area (Å²) in [6.07, 6.45) is 0. The molecule has 0 aliphatic heterocycles. The molecule has 1 N–H and O–H groups in total. The minimum atomic E-state index is -4.09. The molecule has 3 rings (SSSR count). The van der Waals surface area contributed by atoms with Gasteiger partial charge in [-0.2, -0.15) is 5.10 Å². The molecule has 0 fully saturated rings. The van der Waals surface area contributed by atoms with Crippen LogP contribution in [0.4, 0.5) is 11.4 Å². The molecule has 1 heterocycles. The summed E-state index contributed by atoms with van der Waals surface area (Å²) in [6, 6.07) is 10.4. The number of carbonyl (C=O) groups excluding carboxylic acids is 1. The number of nitrogens with zero attached hydrogens (tertiary/aromatic N) is 3. The van der Waals surface area contributed by atoms with E-state index in [9.17, 15) is 13.2 Å². The molecular weight excluding hydrogens is 456 g/mol. The molecule has 1 amide bonds. The molecule has 0 saturated heterocycles. The number of aryl methyl sites for hydroxylation is 4. The lowest BCUT2D eigenvalue weighted by molar-refractivity contribution is -0.114. The van der Waals surface area contributed by atoms with Crippen molar-refractivity contribution < 1.29 is 22.7 Å². The molecule has 2 aromatic carbocycles. The van der Waals surface area contributed by atoms with Crippen LogP contribution in [0.15, 0.2) is 41.3 Å². The van der Waals surface area contributed by atoms with Gasteiger partial charge in [-0.05, 0) is 63.1 Å². The van der Waals surface area contributed by atoms with E-state index < -0.39 is 22.5 Å². The zero-order valence-electron chi connectivity index (χ0n) is 20.5. The summed E-state index contributed by atoms with van der Waals surface area (Å²) in [5, 5.41) is 7.01. The predicted molar refractivity (Wildman–Crippen MR) is 131 cm³/mol. The average molecular weight is 487 g/mol. The SMILES string of the molecule is COc1ccc(NC(=O)CN(c2cc(C)cc(C)c2)S(=O)(=O)c2c(C)nn(C)c2C)cc1OC. The van der Waals surface area contributed by atoms with Crippen molar-refractivity contribution in [3.63, 3.8) is 0 Å². The highest BCUT2D eigenvalue weighted by atomic mass is 32.2. The van der Waals surface area contributed by atoms with Crippen LogP contribution < -0.4 is 19.1 Å². The summed E-state index contributed by atoms with van der Waals surface area (Å²) in [4.78, 5) is 13.2. The van der Waals surface area contributed by atoms with E-state index in [4.69, 9.17) is 9.47 Å². The number of hydrogen-bond acceptors (Lipinski definition) is 6. The molecule has 9 nitrogen and oxygen atoms in total. The number of nitrogens with one attached hydrogen (secondary N) is 1. The lowest BCUT2D eigenvalue weighted by Gasteiger charge is -2.25. The lowest BCUT2D eigenvalue weighted by atomic mass is 10.1. The second-order valence-corrected chi connectivity index (χ2v) is 9.90. The number of amides is 1. The summed E-state index contributed by atoms with van der Waals surface area (Å²) in [6.45, 7) is 6.67. The number of carbonyl (C=O) groups is 1. The number of benzene rings is 2. The summed E-state index contributed by atoms with van der Waals surface area (Å²) in [5.41, 5.74) is 3.49. The Balaban J connectivity index is 2.02. The molecule has 0 aliphatic rings. The van der Waals surface area contributed by atoms with E-state index in [1.54, 1.807) is 51.2 Å². The van der Waals surface area contributed by atoms with Crippen LogP contribution in [-0.2, 0) is 21.9 Å². The quantitative estimate of drug-likeness (QED) is 0.523. The zero-order chi connectivity index (χ0) is 25.2. The number of ether oxygens (including phenoxy) is 2. The van der Waals surface area contributed by atoms with Crippen molar-refractivity contribution in [1.82, 2.24) is 9.78 Å². The van der Waals surface area contributed by atoms with Gasteiger partial charge in [0.05, 0.1) is 31.3 Å². The molecule has 10 heteroatoms. The van der Waals surface area contributed by atoms with Gasteiger partial charge in [-0.3, -0.25) is 13.8 Å². The molecule has 0 spiro atoms. The summed E-state index contributed by atoms with van der Waals surface area (Å²) in [5.74, 6) is 0.456. The molecule has 0 atom stereocenters. The van der Waals surface area contributed by atoms with Gasteiger partial charge in [0.15, 0.2) is 11.5 Å². The Bertz CT molecular complexity index is 1310. The maximum absolute atomic E-state index is 13.8. The first-order valence-electron chi connectivity index (χ1n) is 10.6. The van der Waals surface area contributed by atoms with Crippen molar-refractivity contribution in [1.29, 1.82) is 0 Å². The van der Waals surface area contributed by atoms with Crippen LogP contribution in [0.2, 0.25) is 0 Å². The van der Waals surface area contributed by atoms with Crippen LogP contribution in [0.3, 0.4) is 0 Å². The fraction of sp³-hybridized carbons (Fsp3) is 0.333. The second kappa shape index (κ2) is 9.76. The van der Waals surface area contributed by atoms with Crippen LogP contribution in [0.1, 0.15) is 22.5 Å². The van der Waals surface area contributed by atoms with E-state index in [0.29, 0.717) is 34.3 Å². The van der Waals surface area contributed by atoms with Gasteiger partial charge in [-0.1, -0.05) is 6.07 Å². The Morgan fingerprint density at radius 1 is 1.00 bits per heavy atom. The molecule has 1 aromatic heterocycles. The topological polar surface area (TPSA) is 103 Å². The van der Waals surface area contributed by atoms with E-state index in [-0.39, 0.29) is 4.90 Å². The number of hydrogen-bond donors (Lipinski definition) is 1. The van der Waals surface area contributed by atoms with Gasteiger partial charge in [-0.25, -0.2) is 8.42 Å². The zero-order valence-corrected chi connectivity index (χ0v) is 21.3. The highest BCUT2D eigenvalue weighted by Gasteiger charge is 2.32. The molecule has 0 radical (unpaired) electrons. The molecule has 0 unspecified atom stereocenters. The third-order valence-electron chi connectivity index (χ3n) is 5.44. The normalized spacial score (nSPS) is 11.3. The first kappa shape index (κ1) is 25.1. The summed E-state index contributed by atoms with van der Waals surface area (Å²) in [7, 11) is 0.608. The van der Waals surface area contributed by atoms with Crippen molar-refractivity contribution in [2.24, 2.45) is 7.05 Å². The standard InChI is InChI=1S/C24H30N4O5S/c1-15-10-16(2)12-20(11-15)28(34(30,31)24-17(3)26-27(5)18(24)4)14-23(29)25-19-8-9-21(32-6)22(13-19)33-7/h8-13H,14H2,1-7H3,(H,25,29). The molecule has 3 aromatic rings. The van der Waals surface area contributed by atoms with E-state index in [0.717, 1.165) is 15.4 Å². The molecular formula is C24H30N4O5S. The Labute approximate surface area is 200 Å². The van der Waals surface area contributed by atoms with E-state index in [2.05, 4.69) is 10.4 Å². The Hall–Kier alpha value is -3.53. The number of anilines is 2. The van der Waals surface area contributed by atoms with Crippen molar-refractivity contribution >= 4 is 27.3 Å². The number of aromatic nitrogens is 2. The summed E-state index contributed by atoms with van der Waals surface area (Å²) >= 11 is 0. The monoisotopic (exact) mass is 486 g/mol. The largest absolute Gasteiger partial charge is 0.493 e. The Kier molecular flexibility index (Phi) is 7.21. The van der Waals surface area contributed by atoms with Gasteiger partial charge in [0.25, 0.3) is 10.0 Å². The summed E-state index contributed by atoms with van der Waals surface area (Å²) < 4.78 is 40.8. The van der Waals surface area contributed by atoms with Crippen LogP contribution in [-0.4, -0.2) is 44.9 Å². The van der Waals surface area contributed by atoms with Crippen molar-refractivity contribution in [2.45, 2.75) is 32.6 Å². The molecule has 0 bridgehead atoms. The van der Waals surface area contributed by atoms with E-state index in [1.807, 2.05) is 19.9 Å². The fourth-order valence-electron chi connectivity index (χ4n) is 3.89. The first-order valence-corrected chi connectivity index (χ1v) is 12.0. The first-order chi connectivity index (χ1) is 16.0. The van der Waals surface area contributed by atoms with Crippen molar-refractivity contribution in [2.75, 3.05) is 30.4 Å². The van der Waals surface area contributed by atoms with Crippen molar-refractivity contribution in [3.05, 3.63) is 58.9 Å². The molecule has 34 heavy (non-hydrogen) atoms. The highest BCUT2D eigenvalue weighted by molar-refractivity contribution is 7.93. The number of rotatable bonds is 8. The maximum Gasteiger partial charge on any atom is 0.268 e. The number of sulfonamides is 1. The van der Waals surface area contributed by atoms with Crippen LogP contribution in [0.5, 0.6) is 11.5 Å². The van der Waals surface area contributed by atoms with E-state index in [1.165, 1.54) is 18.9 Å². The fourth-order valence-corrected chi connectivity index (χ4v) is 5.70. The minimum absolute atomic E-state index is 0.0908. The van der Waals surface area contributed by atoms with Gasteiger partial charge in [-0.15, -0.1) is 0 Å². The van der Waals surface area contributed by atoms with Crippen molar-refractivity contribution in [3.8, 4) is 11.5 Å². The highest BCUT2D eigenvalue weighted by Crippen LogP contribution is 2.31. The molecule has 182 valence electrons. The average Bonchev–Trinajstić information content (AvgIpc) is 3.02. The lowest BCUT2D eigenvalue weighted by Crippen LogP contribution is -2.38. The van der Waals surface area contributed by atoms with Crippen LogP contribution >= 0.6 is 0 Å². The molecule has 0 saturated carbocycles. The second-order valence-electron chi connectivity index (χ2n) is 8.10. The number of methoxy groups -OCH3 is 2. The third-order valence-corrected chi connectivity index (χ3v) is 7.47. The smallest absolute Gasteiger partial charge is 0.268 e. The minimum Gasteiger partial charge on any atom is -0.493 e. The molecule has 0 aliphatic carbocycles. The maximum atomic E-state index is 13.8. The van der Waals surface area contributed by atoms with Crippen LogP contribution in [0, 0.1) is 27.7 Å². The van der Waals surface area contributed by atoms with Gasteiger partial charge < -0.3 is 14.8 Å². The van der Waals surface area contributed by atoms with Crippen LogP contribution in [0.25, 0.3) is 0 Å². The Morgan fingerprint density at radius 2 is 1.62 bits per heavy atom. The van der Waals surface area contributed by atoms with Gasteiger partial charge in [0.2, 0.25) is 5.91 Å². The van der Waals surface area contributed by atoms with Gasteiger partial charge in [0.1, 0.15) is 11.4 Å². The van der Waals surface area contributed by atoms with E-state index >= 15 is 0 Å². The Morgan fingerprint density at radius 3 is 2.15 bits per heavy atom. The van der Waals surface area contributed by atoms with Gasteiger partial charge in [0, 0.05) is 18.8 Å².